The van der Waals surface area contributed by atoms with Crippen LogP contribution in [0.25, 0.3) is 0 Å². The number of hydrogen-bond acceptors (Lipinski definition) is 4. The van der Waals surface area contributed by atoms with Crippen LogP contribution in [0.15, 0.2) is 23.4 Å². The Morgan fingerprint density at radius 3 is 2.65 bits per heavy atom. The standard InChI is InChI=1S/C14H23N3O2S/c1-3-4-9-17(13-6-7-13)20(18,19)14-8-5-12(10-15-2)11-16-14/h5,8,11,13,15H,3-4,6-7,9-10H2,1-2H3. The van der Waals surface area contributed by atoms with E-state index in [1.807, 2.05) is 13.1 Å². The third-order valence-electron chi connectivity index (χ3n) is 3.44. The molecule has 2 rings (SSSR count). The Bertz CT molecular complexity index is 524. The molecule has 0 aromatic carbocycles. The van der Waals surface area contributed by atoms with E-state index in [0.717, 1.165) is 31.2 Å². The van der Waals surface area contributed by atoms with Gasteiger partial charge in [-0.2, -0.15) is 4.31 Å². The summed E-state index contributed by atoms with van der Waals surface area (Å²) in [7, 11) is -1.59. The molecule has 0 aliphatic heterocycles. The molecule has 1 aromatic heterocycles. The molecule has 1 heterocycles. The van der Waals surface area contributed by atoms with Gasteiger partial charge < -0.3 is 5.32 Å². The van der Waals surface area contributed by atoms with Crippen LogP contribution in [-0.4, -0.2) is 37.3 Å². The highest BCUT2D eigenvalue weighted by Crippen LogP contribution is 2.31. The Kier molecular flexibility index (Phi) is 5.12. The molecule has 0 spiro atoms. The first-order valence-electron chi connectivity index (χ1n) is 7.21. The van der Waals surface area contributed by atoms with Crippen LogP contribution in [0.4, 0.5) is 0 Å². The first-order valence-corrected chi connectivity index (χ1v) is 8.65. The summed E-state index contributed by atoms with van der Waals surface area (Å²) in [5, 5.41) is 3.19. The molecule has 0 amide bonds. The van der Waals surface area contributed by atoms with Gasteiger partial charge in [0, 0.05) is 25.3 Å². The third kappa shape index (κ3) is 3.56. The monoisotopic (exact) mass is 297 g/mol. The van der Waals surface area contributed by atoms with Gasteiger partial charge in [0.15, 0.2) is 5.03 Å². The van der Waals surface area contributed by atoms with Gasteiger partial charge in [-0.3, -0.25) is 0 Å². The third-order valence-corrected chi connectivity index (χ3v) is 5.31. The number of sulfonamides is 1. The lowest BCUT2D eigenvalue weighted by Crippen LogP contribution is -2.34. The fourth-order valence-corrected chi connectivity index (χ4v) is 3.81. The van der Waals surface area contributed by atoms with Crippen LogP contribution in [-0.2, 0) is 16.6 Å². The predicted octanol–water partition coefficient (Wildman–Crippen LogP) is 1.75. The summed E-state index contributed by atoms with van der Waals surface area (Å²) in [6.07, 6.45) is 5.47. The van der Waals surface area contributed by atoms with Gasteiger partial charge in [-0.05, 0) is 37.9 Å². The Morgan fingerprint density at radius 1 is 1.40 bits per heavy atom. The molecule has 112 valence electrons. The van der Waals surface area contributed by atoms with E-state index in [1.165, 1.54) is 0 Å². The van der Waals surface area contributed by atoms with Gasteiger partial charge in [-0.25, -0.2) is 13.4 Å². The van der Waals surface area contributed by atoms with Crippen LogP contribution in [0.2, 0.25) is 0 Å². The highest BCUT2D eigenvalue weighted by molar-refractivity contribution is 7.89. The van der Waals surface area contributed by atoms with Crippen LogP contribution in [0.1, 0.15) is 38.2 Å². The lowest BCUT2D eigenvalue weighted by Gasteiger charge is -2.21. The molecular formula is C14H23N3O2S. The fraction of sp³-hybridized carbons (Fsp3) is 0.643. The fourth-order valence-electron chi connectivity index (χ4n) is 2.17. The van der Waals surface area contributed by atoms with Crippen molar-refractivity contribution in [2.75, 3.05) is 13.6 Å². The highest BCUT2D eigenvalue weighted by atomic mass is 32.2. The molecule has 6 heteroatoms. The number of rotatable bonds is 8. The topological polar surface area (TPSA) is 62.3 Å². The van der Waals surface area contributed by atoms with E-state index in [-0.39, 0.29) is 11.1 Å². The smallest absolute Gasteiger partial charge is 0.260 e. The van der Waals surface area contributed by atoms with Gasteiger partial charge in [-0.1, -0.05) is 19.4 Å². The van der Waals surface area contributed by atoms with Crippen molar-refractivity contribution in [2.24, 2.45) is 0 Å². The Morgan fingerprint density at radius 2 is 2.15 bits per heavy atom. The Balaban J connectivity index is 2.18. The van der Waals surface area contributed by atoms with Crippen molar-refractivity contribution < 1.29 is 8.42 Å². The molecule has 1 fully saturated rings. The minimum Gasteiger partial charge on any atom is -0.316 e. The van der Waals surface area contributed by atoms with E-state index in [1.54, 1.807) is 16.6 Å². The zero-order valence-corrected chi connectivity index (χ0v) is 13.0. The molecular weight excluding hydrogens is 274 g/mol. The molecule has 0 saturated heterocycles. The van der Waals surface area contributed by atoms with Crippen molar-refractivity contribution in [2.45, 2.75) is 50.2 Å². The number of unbranched alkanes of at least 4 members (excludes halogenated alkanes) is 1. The van der Waals surface area contributed by atoms with E-state index < -0.39 is 10.0 Å². The summed E-state index contributed by atoms with van der Waals surface area (Å²) < 4.78 is 26.9. The number of hydrogen-bond donors (Lipinski definition) is 1. The van der Waals surface area contributed by atoms with Crippen LogP contribution < -0.4 is 5.32 Å². The predicted molar refractivity (Wildman–Crippen MR) is 78.8 cm³/mol. The minimum atomic E-state index is -3.44. The lowest BCUT2D eigenvalue weighted by molar-refractivity contribution is 0.394. The molecule has 1 aromatic rings. The van der Waals surface area contributed by atoms with Crippen LogP contribution in [0.3, 0.4) is 0 Å². The van der Waals surface area contributed by atoms with Crippen LogP contribution in [0, 0.1) is 0 Å². The van der Waals surface area contributed by atoms with Crippen molar-refractivity contribution in [1.29, 1.82) is 0 Å². The maximum absolute atomic E-state index is 12.6. The highest BCUT2D eigenvalue weighted by Gasteiger charge is 2.38. The second-order valence-electron chi connectivity index (χ2n) is 5.24. The number of nitrogens with one attached hydrogen (secondary N) is 1. The second-order valence-corrected chi connectivity index (χ2v) is 7.07. The number of nitrogens with zero attached hydrogens (tertiary/aromatic N) is 2. The maximum atomic E-state index is 12.6. The van der Waals surface area contributed by atoms with Gasteiger partial charge in [0.05, 0.1) is 0 Å². The van der Waals surface area contributed by atoms with E-state index in [9.17, 15) is 8.42 Å². The van der Waals surface area contributed by atoms with E-state index in [2.05, 4.69) is 17.2 Å². The summed E-state index contributed by atoms with van der Waals surface area (Å²) in [5.74, 6) is 0. The zero-order chi connectivity index (χ0) is 14.6. The lowest BCUT2D eigenvalue weighted by atomic mass is 10.3. The minimum absolute atomic E-state index is 0.167. The molecule has 0 radical (unpaired) electrons. The molecule has 1 aliphatic rings. The summed E-state index contributed by atoms with van der Waals surface area (Å²) in [5.41, 5.74) is 0.984. The molecule has 5 nitrogen and oxygen atoms in total. The molecule has 1 aliphatic carbocycles. The average molecular weight is 297 g/mol. The van der Waals surface area contributed by atoms with Crippen molar-refractivity contribution >= 4 is 10.0 Å². The average Bonchev–Trinajstić information content (AvgIpc) is 3.24. The summed E-state index contributed by atoms with van der Waals surface area (Å²) >= 11 is 0. The molecule has 20 heavy (non-hydrogen) atoms. The summed E-state index contributed by atoms with van der Waals surface area (Å²) in [6, 6.07) is 3.62. The molecule has 0 atom stereocenters. The number of pyridine rings is 1. The van der Waals surface area contributed by atoms with Crippen molar-refractivity contribution in [3.05, 3.63) is 23.9 Å². The quantitative estimate of drug-likeness (QED) is 0.794. The van der Waals surface area contributed by atoms with Gasteiger partial charge in [0.25, 0.3) is 10.0 Å². The first-order chi connectivity index (χ1) is 9.59. The van der Waals surface area contributed by atoms with Gasteiger partial charge in [0.1, 0.15) is 0 Å². The molecule has 1 saturated carbocycles. The van der Waals surface area contributed by atoms with Gasteiger partial charge >= 0.3 is 0 Å². The summed E-state index contributed by atoms with van der Waals surface area (Å²) in [4.78, 5) is 4.14. The maximum Gasteiger partial charge on any atom is 0.260 e. The Hall–Kier alpha value is -0.980. The molecule has 1 N–H and O–H groups in total. The van der Waals surface area contributed by atoms with E-state index in [4.69, 9.17) is 0 Å². The van der Waals surface area contributed by atoms with Crippen molar-refractivity contribution in [3.63, 3.8) is 0 Å². The van der Waals surface area contributed by atoms with Crippen molar-refractivity contribution in [1.82, 2.24) is 14.6 Å². The largest absolute Gasteiger partial charge is 0.316 e. The normalized spacial score (nSPS) is 15.8. The van der Waals surface area contributed by atoms with Crippen LogP contribution in [0.5, 0.6) is 0 Å². The summed E-state index contributed by atoms with van der Waals surface area (Å²) in [6.45, 7) is 3.36. The zero-order valence-electron chi connectivity index (χ0n) is 12.2. The van der Waals surface area contributed by atoms with Gasteiger partial charge in [0.2, 0.25) is 0 Å². The van der Waals surface area contributed by atoms with Crippen molar-refractivity contribution in [3.8, 4) is 0 Å². The molecule has 0 unspecified atom stereocenters. The SMILES string of the molecule is CCCCN(C1CC1)S(=O)(=O)c1ccc(CNC)cn1. The molecule has 0 bridgehead atoms. The second kappa shape index (κ2) is 6.65. The van der Waals surface area contributed by atoms with Crippen LogP contribution >= 0.6 is 0 Å². The van der Waals surface area contributed by atoms with Gasteiger partial charge in [-0.15, -0.1) is 0 Å². The number of aromatic nitrogens is 1. The Labute approximate surface area is 121 Å². The van der Waals surface area contributed by atoms with E-state index >= 15 is 0 Å². The van der Waals surface area contributed by atoms with E-state index in [0.29, 0.717) is 13.1 Å². The first kappa shape index (κ1) is 15.4.